The summed E-state index contributed by atoms with van der Waals surface area (Å²) < 4.78 is 4.90. The van der Waals surface area contributed by atoms with E-state index in [0.717, 1.165) is 5.56 Å². The zero-order valence-corrected chi connectivity index (χ0v) is 15.8. The van der Waals surface area contributed by atoms with E-state index in [1.807, 2.05) is 18.2 Å². The number of hydrogen-bond donors (Lipinski definition) is 2. The van der Waals surface area contributed by atoms with Gasteiger partial charge in [-0.25, -0.2) is 0 Å². The van der Waals surface area contributed by atoms with Crippen LogP contribution in [0, 0.1) is 0 Å². The van der Waals surface area contributed by atoms with Gasteiger partial charge in [0.1, 0.15) is 12.3 Å². The fraction of sp³-hybridized carbons (Fsp3) is 0.333. The first kappa shape index (κ1) is 20.3. The van der Waals surface area contributed by atoms with Crippen LogP contribution in [-0.4, -0.2) is 42.4 Å². The van der Waals surface area contributed by atoms with E-state index in [9.17, 15) is 9.59 Å². The summed E-state index contributed by atoms with van der Waals surface area (Å²) in [5.41, 5.74) is 1.37. The molecule has 1 aliphatic heterocycles. The van der Waals surface area contributed by atoms with E-state index in [0.29, 0.717) is 30.2 Å². The zero-order chi connectivity index (χ0) is 17.8. The number of carbonyl (C=O) groups is 2. The van der Waals surface area contributed by atoms with E-state index >= 15 is 0 Å². The maximum absolute atomic E-state index is 12.9. The zero-order valence-electron chi connectivity index (χ0n) is 14.3. The molecule has 1 fully saturated rings. The molecular formula is C18H21Cl2N3O3. The van der Waals surface area contributed by atoms with Crippen LogP contribution in [0.3, 0.4) is 0 Å². The number of rotatable bonds is 4. The molecule has 2 N–H and O–H groups in total. The molecule has 0 radical (unpaired) electrons. The number of hydrogen-bond acceptors (Lipinski definition) is 4. The highest BCUT2D eigenvalue weighted by Crippen LogP contribution is 2.25. The molecule has 0 bridgehead atoms. The second-order valence-electron chi connectivity index (χ2n) is 6.01. The lowest BCUT2D eigenvalue weighted by molar-refractivity contribution is -0.136. The Morgan fingerprint density at radius 3 is 2.88 bits per heavy atom. The number of halogens is 2. The van der Waals surface area contributed by atoms with Crippen LogP contribution in [0.4, 0.5) is 0 Å². The largest absolute Gasteiger partial charge is 0.472 e. The van der Waals surface area contributed by atoms with Gasteiger partial charge in [0.25, 0.3) is 5.91 Å². The van der Waals surface area contributed by atoms with Crippen LogP contribution in [0.2, 0.25) is 5.02 Å². The lowest BCUT2D eigenvalue weighted by Gasteiger charge is -2.38. The van der Waals surface area contributed by atoms with E-state index in [2.05, 4.69) is 10.6 Å². The Morgan fingerprint density at radius 1 is 1.38 bits per heavy atom. The molecule has 3 rings (SSSR count). The summed E-state index contributed by atoms with van der Waals surface area (Å²) in [6.07, 6.45) is 2.78. The van der Waals surface area contributed by atoms with E-state index in [4.69, 9.17) is 16.0 Å². The first-order valence-electron chi connectivity index (χ1n) is 8.16. The molecule has 2 aromatic rings. The molecule has 1 aromatic heterocycles. The summed E-state index contributed by atoms with van der Waals surface area (Å²) in [4.78, 5) is 26.8. The molecule has 2 amide bonds. The molecular weight excluding hydrogens is 377 g/mol. The fourth-order valence-corrected chi connectivity index (χ4v) is 3.16. The molecule has 1 aliphatic rings. The van der Waals surface area contributed by atoms with Crippen LogP contribution in [0.25, 0.3) is 0 Å². The van der Waals surface area contributed by atoms with Crippen LogP contribution < -0.4 is 10.6 Å². The summed E-state index contributed by atoms with van der Waals surface area (Å²) in [6, 6.07) is 8.31. The number of nitrogens with one attached hydrogen (secondary N) is 2. The number of carbonyl (C=O) groups excluding carboxylic acids is 2. The first-order valence-corrected chi connectivity index (χ1v) is 8.54. The highest BCUT2D eigenvalue weighted by atomic mass is 35.5. The molecule has 2 heterocycles. The predicted molar refractivity (Wildman–Crippen MR) is 102 cm³/mol. The third-order valence-corrected chi connectivity index (χ3v) is 4.50. The molecule has 0 saturated carbocycles. The standard InChI is InChI=1S/C18H20ClN3O3.ClH/c1-12(21-17(23)14-5-8-25-11-14)18(24)22-7-6-20-10-16(22)13-3-2-4-15(19)9-13;/h2-5,8-9,11-12,16,20H,6-7,10H2,1H3,(H,21,23);1H. The minimum atomic E-state index is -0.637. The lowest BCUT2D eigenvalue weighted by atomic mass is 10.0. The molecule has 0 spiro atoms. The van der Waals surface area contributed by atoms with Gasteiger partial charge in [-0.1, -0.05) is 23.7 Å². The average Bonchev–Trinajstić information content (AvgIpc) is 3.16. The smallest absolute Gasteiger partial charge is 0.255 e. The highest BCUT2D eigenvalue weighted by Gasteiger charge is 2.31. The molecule has 6 nitrogen and oxygen atoms in total. The van der Waals surface area contributed by atoms with Crippen molar-refractivity contribution in [3.63, 3.8) is 0 Å². The second-order valence-corrected chi connectivity index (χ2v) is 6.45. The maximum atomic E-state index is 12.9. The van der Waals surface area contributed by atoms with Crippen LogP contribution in [0.5, 0.6) is 0 Å². The van der Waals surface area contributed by atoms with Crippen LogP contribution >= 0.6 is 24.0 Å². The normalized spacial score (nSPS) is 17.9. The quantitative estimate of drug-likeness (QED) is 0.831. The Labute approximate surface area is 163 Å². The molecule has 26 heavy (non-hydrogen) atoms. The van der Waals surface area contributed by atoms with Gasteiger partial charge in [0, 0.05) is 24.7 Å². The van der Waals surface area contributed by atoms with Gasteiger partial charge < -0.3 is 20.0 Å². The van der Waals surface area contributed by atoms with Crippen LogP contribution in [-0.2, 0) is 4.79 Å². The Morgan fingerprint density at radius 2 is 2.19 bits per heavy atom. The molecule has 2 unspecified atom stereocenters. The number of benzene rings is 1. The maximum Gasteiger partial charge on any atom is 0.255 e. The van der Waals surface area contributed by atoms with E-state index in [-0.39, 0.29) is 30.3 Å². The topological polar surface area (TPSA) is 74.6 Å². The monoisotopic (exact) mass is 397 g/mol. The Balaban J connectivity index is 0.00000243. The van der Waals surface area contributed by atoms with Crippen molar-refractivity contribution in [1.29, 1.82) is 0 Å². The van der Waals surface area contributed by atoms with Gasteiger partial charge in [0.05, 0.1) is 17.9 Å². The van der Waals surface area contributed by atoms with Crippen molar-refractivity contribution in [2.75, 3.05) is 19.6 Å². The molecule has 2 atom stereocenters. The summed E-state index contributed by atoms with van der Waals surface area (Å²) in [6.45, 7) is 3.62. The van der Waals surface area contributed by atoms with Gasteiger partial charge in [-0.3, -0.25) is 9.59 Å². The summed E-state index contributed by atoms with van der Waals surface area (Å²) in [5, 5.41) is 6.67. The molecule has 1 aromatic carbocycles. The van der Waals surface area contributed by atoms with Crippen molar-refractivity contribution in [3.05, 3.63) is 59.0 Å². The third-order valence-electron chi connectivity index (χ3n) is 4.26. The van der Waals surface area contributed by atoms with E-state index < -0.39 is 6.04 Å². The van der Waals surface area contributed by atoms with Gasteiger partial charge in [-0.2, -0.15) is 0 Å². The van der Waals surface area contributed by atoms with Crippen molar-refractivity contribution in [2.24, 2.45) is 0 Å². The van der Waals surface area contributed by atoms with Crippen LogP contribution in [0.1, 0.15) is 28.9 Å². The summed E-state index contributed by atoms with van der Waals surface area (Å²) in [7, 11) is 0. The minimum Gasteiger partial charge on any atom is -0.472 e. The van der Waals surface area contributed by atoms with Gasteiger partial charge >= 0.3 is 0 Å². The molecule has 1 saturated heterocycles. The van der Waals surface area contributed by atoms with E-state index in [1.54, 1.807) is 24.0 Å². The lowest BCUT2D eigenvalue weighted by Crippen LogP contribution is -2.54. The number of nitrogens with zero attached hydrogens (tertiary/aromatic N) is 1. The van der Waals surface area contributed by atoms with Crippen molar-refractivity contribution < 1.29 is 14.0 Å². The molecule has 0 aliphatic carbocycles. The molecule has 140 valence electrons. The SMILES string of the molecule is CC(NC(=O)c1ccoc1)C(=O)N1CCNCC1c1cccc(Cl)c1.Cl. The fourth-order valence-electron chi connectivity index (χ4n) is 2.96. The van der Waals surface area contributed by atoms with Crippen molar-refractivity contribution >= 4 is 35.8 Å². The second kappa shape index (κ2) is 9.07. The van der Waals surface area contributed by atoms with Gasteiger partial charge in [0.15, 0.2) is 0 Å². The Hall–Kier alpha value is -2.02. The van der Waals surface area contributed by atoms with Gasteiger partial charge in [0.2, 0.25) is 5.91 Å². The predicted octanol–water partition coefficient (Wildman–Crippen LogP) is 2.65. The average molecular weight is 398 g/mol. The van der Waals surface area contributed by atoms with Crippen LogP contribution in [0.15, 0.2) is 47.3 Å². The Kier molecular flexibility index (Phi) is 7.08. The number of amides is 2. The van der Waals surface area contributed by atoms with Crippen molar-refractivity contribution in [1.82, 2.24) is 15.5 Å². The highest BCUT2D eigenvalue weighted by molar-refractivity contribution is 6.30. The number of furan rings is 1. The minimum absolute atomic E-state index is 0. The van der Waals surface area contributed by atoms with E-state index in [1.165, 1.54) is 12.5 Å². The number of piperazine rings is 1. The summed E-state index contributed by atoms with van der Waals surface area (Å²) >= 11 is 6.09. The Bertz CT molecular complexity index is 752. The molecule has 8 heteroatoms. The third kappa shape index (κ3) is 4.58. The van der Waals surface area contributed by atoms with Crippen molar-refractivity contribution in [3.8, 4) is 0 Å². The van der Waals surface area contributed by atoms with Gasteiger partial charge in [-0.15, -0.1) is 12.4 Å². The van der Waals surface area contributed by atoms with Crippen molar-refractivity contribution in [2.45, 2.75) is 19.0 Å². The first-order chi connectivity index (χ1) is 12.1. The van der Waals surface area contributed by atoms with Gasteiger partial charge in [-0.05, 0) is 30.7 Å². The summed E-state index contributed by atoms with van der Waals surface area (Å²) in [5.74, 6) is -0.452.